The van der Waals surface area contributed by atoms with Crippen molar-refractivity contribution in [3.63, 3.8) is 0 Å². The standard InChI is InChI=1S/C27H36N2O5S2/c1-4-34-27(30)26(29-36(32,33)24-17-15-21(2)16-18-24)25(22-11-7-5-8-12-22)19-20-35(31,28-3)23-13-9-6-10-14-23/h6,9-10,13-20,22,25-26,29H,4-5,7-8,11-12H2,1-3H3/b20-19+/t25-,26-,35?/m0/s1. The molecule has 3 rings (SSSR count). The molecule has 1 saturated carbocycles. The lowest BCUT2D eigenvalue weighted by molar-refractivity contribution is -0.146. The van der Waals surface area contributed by atoms with E-state index in [9.17, 15) is 17.4 Å². The molecule has 1 unspecified atom stereocenters. The third kappa shape index (κ3) is 7.05. The number of esters is 1. The highest BCUT2D eigenvalue weighted by molar-refractivity contribution is 7.96. The lowest BCUT2D eigenvalue weighted by Crippen LogP contribution is -2.48. The van der Waals surface area contributed by atoms with Crippen LogP contribution in [0, 0.1) is 18.8 Å². The zero-order valence-electron chi connectivity index (χ0n) is 21.1. The van der Waals surface area contributed by atoms with E-state index in [1.807, 2.05) is 13.0 Å². The molecule has 0 aliphatic heterocycles. The van der Waals surface area contributed by atoms with E-state index < -0.39 is 37.7 Å². The van der Waals surface area contributed by atoms with Crippen LogP contribution in [-0.2, 0) is 29.3 Å². The molecule has 0 aromatic heterocycles. The lowest BCUT2D eigenvalue weighted by Gasteiger charge is -2.33. The number of aryl methyl sites for hydroxylation is 1. The summed E-state index contributed by atoms with van der Waals surface area (Å²) in [4.78, 5) is 13.8. The average Bonchev–Trinajstić information content (AvgIpc) is 2.89. The van der Waals surface area contributed by atoms with Gasteiger partial charge in [-0.1, -0.05) is 61.2 Å². The average molecular weight is 533 g/mol. The van der Waals surface area contributed by atoms with Gasteiger partial charge in [-0.15, -0.1) is 0 Å². The van der Waals surface area contributed by atoms with Crippen LogP contribution in [0.4, 0.5) is 0 Å². The summed E-state index contributed by atoms with van der Waals surface area (Å²) in [5, 5.41) is 1.54. The van der Waals surface area contributed by atoms with E-state index >= 15 is 0 Å². The highest BCUT2D eigenvalue weighted by Crippen LogP contribution is 2.34. The third-order valence-electron chi connectivity index (χ3n) is 6.57. The number of hydrogen-bond acceptors (Lipinski definition) is 6. The second-order valence-corrected chi connectivity index (χ2v) is 13.0. The van der Waals surface area contributed by atoms with Crippen LogP contribution in [0.15, 0.2) is 80.2 Å². The molecule has 1 aliphatic rings. The number of hydrogen-bond donors (Lipinski definition) is 1. The Hall–Kier alpha value is -2.49. The van der Waals surface area contributed by atoms with Crippen LogP contribution >= 0.6 is 0 Å². The van der Waals surface area contributed by atoms with Crippen LogP contribution in [0.5, 0.6) is 0 Å². The Balaban J connectivity index is 2.05. The normalized spacial score (nSPS) is 18.3. The number of carbonyl (C=O) groups excluding carboxylic acids is 1. The topological polar surface area (TPSA) is 102 Å². The van der Waals surface area contributed by atoms with Crippen LogP contribution in [0.3, 0.4) is 0 Å². The molecule has 1 N–H and O–H groups in total. The summed E-state index contributed by atoms with van der Waals surface area (Å²) in [5.74, 6) is -1.16. The molecule has 36 heavy (non-hydrogen) atoms. The second kappa shape index (κ2) is 12.7. The van der Waals surface area contributed by atoms with Crippen molar-refractivity contribution in [3.8, 4) is 0 Å². The molecule has 0 saturated heterocycles. The van der Waals surface area contributed by atoms with Crippen molar-refractivity contribution in [1.29, 1.82) is 0 Å². The summed E-state index contributed by atoms with van der Waals surface area (Å²) >= 11 is 0. The van der Waals surface area contributed by atoms with E-state index in [1.165, 1.54) is 24.6 Å². The highest BCUT2D eigenvalue weighted by Gasteiger charge is 2.37. The first-order valence-corrected chi connectivity index (χ1v) is 15.4. The smallest absolute Gasteiger partial charge is 0.324 e. The van der Waals surface area contributed by atoms with E-state index in [0.717, 1.165) is 37.7 Å². The highest BCUT2D eigenvalue weighted by atomic mass is 32.2. The van der Waals surface area contributed by atoms with Crippen molar-refractivity contribution in [2.75, 3.05) is 13.7 Å². The van der Waals surface area contributed by atoms with Gasteiger partial charge in [-0.05, 0) is 56.9 Å². The Kier molecular flexibility index (Phi) is 9.87. The first-order valence-electron chi connectivity index (χ1n) is 12.3. The van der Waals surface area contributed by atoms with Crippen LogP contribution in [0.25, 0.3) is 0 Å². The largest absolute Gasteiger partial charge is 0.465 e. The SMILES string of the molecule is CCOC(=O)[C@@H](NS(=O)(=O)c1ccc(C)cc1)[C@@H](/C=C/S(=O)(=NC)c1ccccc1)C1CCCCC1. The predicted molar refractivity (Wildman–Crippen MR) is 142 cm³/mol. The minimum Gasteiger partial charge on any atom is -0.465 e. The second-order valence-electron chi connectivity index (χ2n) is 9.03. The zero-order valence-corrected chi connectivity index (χ0v) is 22.8. The summed E-state index contributed by atoms with van der Waals surface area (Å²) in [5.41, 5.74) is 0.929. The maximum absolute atomic E-state index is 13.7. The molecule has 1 aliphatic carbocycles. The van der Waals surface area contributed by atoms with Crippen molar-refractivity contribution in [3.05, 3.63) is 71.6 Å². The minimum atomic E-state index is -4.01. The van der Waals surface area contributed by atoms with E-state index in [0.29, 0.717) is 4.90 Å². The van der Waals surface area contributed by atoms with Gasteiger partial charge in [0, 0.05) is 18.4 Å². The maximum atomic E-state index is 13.7. The summed E-state index contributed by atoms with van der Waals surface area (Å²) in [6, 6.07) is 14.2. The molecule has 0 radical (unpaired) electrons. The molecular weight excluding hydrogens is 496 g/mol. The van der Waals surface area contributed by atoms with E-state index in [2.05, 4.69) is 9.08 Å². The predicted octanol–water partition coefficient (Wildman–Crippen LogP) is 5.07. The van der Waals surface area contributed by atoms with Crippen LogP contribution in [-0.4, -0.2) is 38.3 Å². The Morgan fingerprint density at radius 3 is 2.25 bits per heavy atom. The van der Waals surface area contributed by atoms with Crippen LogP contribution < -0.4 is 4.72 Å². The number of carbonyl (C=O) groups is 1. The van der Waals surface area contributed by atoms with Crippen LogP contribution in [0.1, 0.15) is 44.6 Å². The molecule has 0 amide bonds. The molecule has 196 valence electrons. The molecule has 7 nitrogen and oxygen atoms in total. The van der Waals surface area contributed by atoms with E-state index in [-0.39, 0.29) is 17.4 Å². The molecule has 9 heteroatoms. The number of ether oxygens (including phenoxy) is 1. The van der Waals surface area contributed by atoms with E-state index in [1.54, 1.807) is 49.4 Å². The summed E-state index contributed by atoms with van der Waals surface area (Å²) < 4.78 is 52.4. The van der Waals surface area contributed by atoms with Crippen molar-refractivity contribution in [1.82, 2.24) is 4.72 Å². The molecule has 3 atom stereocenters. The van der Waals surface area contributed by atoms with Crippen molar-refractivity contribution < 1.29 is 22.2 Å². The number of sulfonamides is 1. The van der Waals surface area contributed by atoms with Gasteiger partial charge in [0.15, 0.2) is 0 Å². The van der Waals surface area contributed by atoms with Gasteiger partial charge in [0.2, 0.25) is 10.0 Å². The van der Waals surface area contributed by atoms with Crippen LogP contribution in [0.2, 0.25) is 0 Å². The first-order chi connectivity index (χ1) is 17.2. The van der Waals surface area contributed by atoms with Gasteiger partial charge in [0.1, 0.15) is 6.04 Å². The van der Waals surface area contributed by atoms with Gasteiger partial charge in [-0.2, -0.15) is 4.72 Å². The molecular formula is C27H36N2O5S2. The molecule has 1 fully saturated rings. The minimum absolute atomic E-state index is 0.0291. The Morgan fingerprint density at radius 1 is 1.03 bits per heavy atom. The number of rotatable bonds is 10. The Labute approximate surface area is 215 Å². The first kappa shape index (κ1) is 28.1. The van der Waals surface area contributed by atoms with Gasteiger partial charge in [0.25, 0.3) is 0 Å². The fourth-order valence-corrected chi connectivity index (χ4v) is 7.23. The van der Waals surface area contributed by atoms with Gasteiger partial charge >= 0.3 is 5.97 Å². The maximum Gasteiger partial charge on any atom is 0.324 e. The monoisotopic (exact) mass is 532 g/mol. The molecule has 2 aromatic carbocycles. The van der Waals surface area contributed by atoms with Crippen molar-refractivity contribution in [2.24, 2.45) is 16.2 Å². The number of nitrogens with zero attached hydrogens (tertiary/aromatic N) is 1. The number of nitrogens with one attached hydrogen (secondary N) is 1. The van der Waals surface area contributed by atoms with Crippen molar-refractivity contribution >= 4 is 25.7 Å². The van der Waals surface area contributed by atoms with Gasteiger partial charge in [-0.25, -0.2) is 17.0 Å². The zero-order chi connectivity index (χ0) is 26.2. The molecule has 0 spiro atoms. The molecule has 0 heterocycles. The van der Waals surface area contributed by atoms with Crippen molar-refractivity contribution in [2.45, 2.75) is 61.8 Å². The van der Waals surface area contributed by atoms with Gasteiger partial charge < -0.3 is 4.74 Å². The Morgan fingerprint density at radius 2 is 1.67 bits per heavy atom. The summed E-state index contributed by atoms with van der Waals surface area (Å²) in [7, 11) is -5.41. The molecule has 0 bridgehead atoms. The summed E-state index contributed by atoms with van der Waals surface area (Å²) in [6.45, 7) is 3.68. The number of benzene rings is 2. The fourth-order valence-electron chi connectivity index (χ4n) is 4.59. The lowest BCUT2D eigenvalue weighted by atomic mass is 9.77. The summed E-state index contributed by atoms with van der Waals surface area (Å²) in [6.07, 6.45) is 6.47. The van der Waals surface area contributed by atoms with Gasteiger partial charge in [0.05, 0.1) is 26.1 Å². The Bertz CT molecular complexity index is 1260. The fraction of sp³-hybridized carbons (Fsp3) is 0.444. The quantitative estimate of drug-likeness (QED) is 0.430. The van der Waals surface area contributed by atoms with E-state index in [4.69, 9.17) is 4.74 Å². The third-order valence-corrected chi connectivity index (χ3v) is 10.0. The molecule has 2 aromatic rings. The van der Waals surface area contributed by atoms with Gasteiger partial charge in [-0.3, -0.25) is 4.79 Å².